The Bertz CT molecular complexity index is 2110. The highest BCUT2D eigenvalue weighted by atomic mass is 16.6. The molecule has 0 radical (unpaired) electrons. The Morgan fingerprint density at radius 2 is 1.72 bits per heavy atom. The van der Waals surface area contributed by atoms with Crippen LogP contribution in [0, 0.1) is 5.92 Å². The summed E-state index contributed by atoms with van der Waals surface area (Å²) in [6.45, 7) is 9.31. The van der Waals surface area contributed by atoms with Crippen molar-refractivity contribution in [3.05, 3.63) is 123 Å². The minimum atomic E-state index is -1.05. The minimum Gasteiger partial charge on any atom is -0.506 e. The first kappa shape index (κ1) is 43.4. The van der Waals surface area contributed by atoms with Gasteiger partial charge in [-0.3, -0.25) is 14.5 Å². The zero-order chi connectivity index (χ0) is 42.1. The molecule has 0 unspecified atom stereocenters. The molecule has 3 aromatic carbocycles. The highest BCUT2D eigenvalue weighted by Gasteiger charge is 2.29. The second-order valence-electron chi connectivity index (χ2n) is 14.9. The molecule has 5 rings (SSSR count). The second kappa shape index (κ2) is 19.6. The summed E-state index contributed by atoms with van der Waals surface area (Å²) in [5.41, 5.74) is 10.7. The molecule has 13 heteroatoms. The molecule has 0 spiro atoms. The Morgan fingerprint density at radius 3 is 2.40 bits per heavy atom. The maximum absolute atomic E-state index is 13.7. The first-order chi connectivity index (χ1) is 27.7. The van der Waals surface area contributed by atoms with E-state index in [2.05, 4.69) is 39.8 Å². The number of benzene rings is 3. The van der Waals surface area contributed by atoms with Crippen molar-refractivity contribution in [2.75, 3.05) is 31.4 Å². The zero-order valence-electron chi connectivity index (χ0n) is 33.8. The fraction of sp³-hybridized carbons (Fsp3) is 0.356. The summed E-state index contributed by atoms with van der Waals surface area (Å²) < 4.78 is 16.7. The van der Waals surface area contributed by atoms with Crippen molar-refractivity contribution in [2.45, 2.75) is 78.0 Å². The molecule has 3 aromatic rings. The summed E-state index contributed by atoms with van der Waals surface area (Å²) in [5, 5.41) is 39.9. The second-order valence-corrected chi connectivity index (χ2v) is 14.9. The van der Waals surface area contributed by atoms with Gasteiger partial charge in [-0.1, -0.05) is 73.2 Å². The number of phenols is 2. The van der Waals surface area contributed by atoms with Gasteiger partial charge in [-0.05, 0) is 74.1 Å². The van der Waals surface area contributed by atoms with E-state index in [9.17, 15) is 29.7 Å². The number of fused-ring (bicyclic) bond motifs is 3. The topological polar surface area (TPSA) is 193 Å². The van der Waals surface area contributed by atoms with E-state index < -0.39 is 59.7 Å². The van der Waals surface area contributed by atoms with Gasteiger partial charge < -0.3 is 45.9 Å². The van der Waals surface area contributed by atoms with Crippen molar-refractivity contribution < 1.29 is 43.9 Å². The van der Waals surface area contributed by atoms with Gasteiger partial charge in [0.05, 0.1) is 23.6 Å². The van der Waals surface area contributed by atoms with Crippen LogP contribution in [0.1, 0.15) is 66.7 Å². The number of carbonyl (C=O) groups excluding carboxylic acids is 3. The lowest BCUT2D eigenvalue weighted by Crippen LogP contribution is -2.36. The Morgan fingerprint density at radius 1 is 1.02 bits per heavy atom. The van der Waals surface area contributed by atoms with Gasteiger partial charge in [0.15, 0.2) is 6.10 Å². The van der Waals surface area contributed by atoms with Crippen molar-refractivity contribution in [3.8, 4) is 11.5 Å². The third kappa shape index (κ3) is 10.8. The summed E-state index contributed by atoms with van der Waals surface area (Å²) in [6, 6.07) is 16.8. The van der Waals surface area contributed by atoms with Gasteiger partial charge in [0, 0.05) is 62.5 Å². The van der Waals surface area contributed by atoms with E-state index in [0.717, 1.165) is 37.7 Å². The number of rotatable bonds is 7. The van der Waals surface area contributed by atoms with Crippen LogP contribution >= 0.6 is 0 Å². The highest BCUT2D eigenvalue weighted by Crippen LogP contribution is 2.43. The number of anilines is 2. The van der Waals surface area contributed by atoms with Crippen LogP contribution in [-0.2, 0) is 38.5 Å². The third-order valence-corrected chi connectivity index (χ3v) is 10.6. The Hall–Kier alpha value is -5.73. The lowest BCUT2D eigenvalue weighted by Gasteiger charge is -2.28. The molecule has 0 saturated carbocycles. The normalized spacial score (nSPS) is 24.8. The molecule has 2 bridgehead atoms. The molecule has 2 heterocycles. The van der Waals surface area contributed by atoms with Crippen LogP contribution in [0.2, 0.25) is 0 Å². The van der Waals surface area contributed by atoms with Crippen molar-refractivity contribution >= 4 is 35.4 Å². The molecule has 0 aliphatic carbocycles. The van der Waals surface area contributed by atoms with Crippen molar-refractivity contribution in [1.82, 2.24) is 4.90 Å². The fourth-order valence-corrected chi connectivity index (χ4v) is 7.31. The first-order valence-electron chi connectivity index (χ1n) is 19.2. The summed E-state index contributed by atoms with van der Waals surface area (Å²) >= 11 is 0. The molecule has 2 aliphatic heterocycles. The van der Waals surface area contributed by atoms with Crippen LogP contribution in [-0.4, -0.2) is 83.3 Å². The number of primary amides is 1. The number of nitrogens with one attached hydrogen (secondary N) is 2. The molecule has 308 valence electrons. The van der Waals surface area contributed by atoms with Crippen molar-refractivity contribution in [2.24, 2.45) is 11.7 Å². The highest BCUT2D eigenvalue weighted by molar-refractivity contribution is 6.09. The predicted molar refractivity (Wildman–Crippen MR) is 223 cm³/mol. The van der Waals surface area contributed by atoms with E-state index in [1.54, 1.807) is 64.1 Å². The predicted octanol–water partition coefficient (Wildman–Crippen LogP) is 6.59. The zero-order valence-corrected chi connectivity index (χ0v) is 33.8. The maximum atomic E-state index is 13.7. The summed E-state index contributed by atoms with van der Waals surface area (Å²) in [5.74, 6) is -2.45. The van der Waals surface area contributed by atoms with Gasteiger partial charge in [0.2, 0.25) is 0 Å². The Kier molecular flexibility index (Phi) is 14.7. The summed E-state index contributed by atoms with van der Waals surface area (Å²) in [6.07, 6.45) is 4.49. The monoisotopic (exact) mass is 794 g/mol. The van der Waals surface area contributed by atoms with Gasteiger partial charge in [-0.2, -0.15) is 0 Å². The Balaban J connectivity index is 1.46. The average Bonchev–Trinajstić information content (AvgIpc) is 3.20. The fourth-order valence-electron chi connectivity index (χ4n) is 7.31. The van der Waals surface area contributed by atoms with Crippen LogP contribution in [0.4, 0.5) is 16.2 Å². The number of nitrogens with zero attached hydrogens (tertiary/aromatic N) is 1. The molecule has 3 amide bonds. The van der Waals surface area contributed by atoms with E-state index in [-0.39, 0.29) is 28.9 Å². The molecule has 0 saturated heterocycles. The molecule has 58 heavy (non-hydrogen) atoms. The van der Waals surface area contributed by atoms with E-state index in [1.807, 2.05) is 12.1 Å². The molecule has 5 atom stereocenters. The van der Waals surface area contributed by atoms with Gasteiger partial charge in [-0.15, -0.1) is 0 Å². The van der Waals surface area contributed by atoms with E-state index >= 15 is 0 Å². The van der Waals surface area contributed by atoms with Crippen LogP contribution in [0.15, 0.2) is 95.6 Å². The molecule has 13 nitrogen and oxygen atoms in total. The number of methoxy groups -OCH3 is 2. The minimum absolute atomic E-state index is 0.0325. The van der Waals surface area contributed by atoms with Gasteiger partial charge in [0.25, 0.3) is 11.8 Å². The molecule has 2 aliphatic rings. The average molecular weight is 795 g/mol. The number of hydrogen-bond acceptors (Lipinski definition) is 10. The summed E-state index contributed by atoms with van der Waals surface area (Å²) in [4.78, 5) is 41.3. The molecule has 0 fully saturated rings. The number of carbonyl (C=O) groups is 3. The molecule has 0 aromatic heterocycles. The van der Waals surface area contributed by atoms with Crippen LogP contribution in [0.25, 0.3) is 6.08 Å². The Labute approximate surface area is 339 Å². The largest absolute Gasteiger partial charge is 0.506 e. The SMILES string of the molecule is CO[C@H]1C=C/C=C(\C)C(=O)Nc2cc(O)c(NC(=O)c3ccc(CN4CCc5ccccc5C4)cc3)c(c2O)/C=C(\C)C[C@H](OC)[C@H](O)[C@@H](C)/C=C(\C)[C@@H]1OC(N)=O. The van der Waals surface area contributed by atoms with Crippen LogP contribution in [0.5, 0.6) is 11.5 Å². The number of hydrogen-bond donors (Lipinski definition) is 6. The summed E-state index contributed by atoms with van der Waals surface area (Å²) in [7, 11) is 2.89. The number of allylic oxidation sites excluding steroid dienone is 2. The molecule has 7 N–H and O–H groups in total. The first-order valence-corrected chi connectivity index (χ1v) is 19.2. The maximum Gasteiger partial charge on any atom is 0.405 e. The number of aliphatic hydroxyl groups excluding tert-OH is 1. The standard InChI is InChI=1S/C45H54N4O9/c1-26-20-34-39(48-44(54)32-16-14-30(15-17-32)24-49-19-18-31-11-7-8-12-33(31)25-49)36(50)23-35(41(34)52)47-43(53)27(2)10-9-13-37(56-5)42(58-45(46)55)29(4)22-28(3)40(51)38(21-26)57-6/h7-17,20,22-23,28,37-38,40,42,50-52H,18-19,21,24-25H2,1-6H3,(H2,46,55)(H,47,53)(H,48,54)/b13-9?,26-20+,27-10+,29-22+/t28-,37-,38-,40+,42-/m0/s1. The van der Waals surface area contributed by atoms with Crippen LogP contribution < -0.4 is 16.4 Å². The van der Waals surface area contributed by atoms with Crippen molar-refractivity contribution in [1.29, 1.82) is 0 Å². The third-order valence-electron chi connectivity index (χ3n) is 10.6. The molecular formula is C45H54N4O9. The number of phenolic OH excluding ortho intramolecular Hbond substituents is 2. The lowest BCUT2D eigenvalue weighted by molar-refractivity contribution is -0.112. The molecular weight excluding hydrogens is 741 g/mol. The van der Waals surface area contributed by atoms with Crippen molar-refractivity contribution in [3.63, 3.8) is 0 Å². The van der Waals surface area contributed by atoms with E-state index in [1.165, 1.54) is 31.4 Å². The van der Waals surface area contributed by atoms with Gasteiger partial charge in [0.1, 0.15) is 17.6 Å². The van der Waals surface area contributed by atoms with Gasteiger partial charge >= 0.3 is 6.09 Å². The number of aromatic hydroxyl groups is 2. The number of aliphatic hydroxyl groups is 1. The lowest BCUT2D eigenvalue weighted by atomic mass is 9.91. The quantitative estimate of drug-likeness (QED) is 0.0864. The van der Waals surface area contributed by atoms with E-state index in [0.29, 0.717) is 16.7 Å². The number of ether oxygens (including phenoxy) is 3. The smallest absolute Gasteiger partial charge is 0.405 e. The number of nitrogens with two attached hydrogens (primary N) is 1. The van der Waals surface area contributed by atoms with Gasteiger partial charge in [-0.25, -0.2) is 4.79 Å². The van der Waals surface area contributed by atoms with E-state index in [4.69, 9.17) is 19.9 Å². The number of amides is 3. The van der Waals surface area contributed by atoms with Crippen LogP contribution in [0.3, 0.4) is 0 Å².